The van der Waals surface area contributed by atoms with Crippen molar-refractivity contribution in [1.82, 2.24) is 15.6 Å². The topological polar surface area (TPSA) is 54.0 Å². The fourth-order valence-corrected chi connectivity index (χ4v) is 2.02. The average molecular weight is 295 g/mol. The normalized spacial score (nSPS) is 13.3. The first-order valence-electron chi connectivity index (χ1n) is 5.77. The summed E-state index contributed by atoms with van der Waals surface area (Å²) >= 11 is 1.54. The Hall–Kier alpha value is -1.15. The lowest BCUT2D eigenvalue weighted by Gasteiger charge is -2.14. The maximum atomic E-state index is 11.9. The highest BCUT2D eigenvalue weighted by atomic mass is 32.1. The van der Waals surface area contributed by atoms with E-state index in [0.717, 1.165) is 10.7 Å². The van der Waals surface area contributed by atoms with E-state index in [2.05, 4.69) is 10.3 Å². The van der Waals surface area contributed by atoms with Gasteiger partial charge in [-0.05, 0) is 13.8 Å². The van der Waals surface area contributed by atoms with Crippen molar-refractivity contribution in [3.8, 4) is 0 Å². The summed E-state index contributed by atoms with van der Waals surface area (Å²) in [5.41, 5.74) is 0.915. The Morgan fingerprint density at radius 2 is 2.21 bits per heavy atom. The molecule has 0 radical (unpaired) electrons. The molecule has 0 aromatic carbocycles. The molecule has 1 atom stereocenters. The van der Waals surface area contributed by atoms with Crippen LogP contribution < -0.4 is 10.6 Å². The van der Waals surface area contributed by atoms with Gasteiger partial charge in [-0.25, -0.2) is 4.98 Å². The molecule has 0 saturated heterocycles. The Balaban J connectivity index is 2.23. The van der Waals surface area contributed by atoms with Crippen LogP contribution in [-0.2, 0) is 11.2 Å². The van der Waals surface area contributed by atoms with Gasteiger partial charge in [-0.3, -0.25) is 4.79 Å². The smallest absolute Gasteiger partial charge is 0.346 e. The average Bonchev–Trinajstić information content (AvgIpc) is 2.71. The number of carbonyl (C=O) groups is 1. The molecule has 0 spiro atoms. The minimum Gasteiger partial charge on any atom is -0.346 e. The molecule has 0 aliphatic heterocycles. The fourth-order valence-electron chi connectivity index (χ4n) is 1.37. The van der Waals surface area contributed by atoms with Crippen LogP contribution in [0.4, 0.5) is 13.2 Å². The maximum Gasteiger partial charge on any atom is 0.405 e. The molecule has 19 heavy (non-hydrogen) atoms. The number of halogens is 3. The number of hydrogen-bond donors (Lipinski definition) is 2. The molecule has 1 rings (SSSR count). The largest absolute Gasteiger partial charge is 0.405 e. The molecule has 1 amide bonds. The predicted octanol–water partition coefficient (Wildman–Crippen LogP) is 1.65. The summed E-state index contributed by atoms with van der Waals surface area (Å²) in [6.07, 6.45) is -3.74. The number of aromatic nitrogens is 1. The molecular weight excluding hydrogens is 279 g/mol. The summed E-state index contributed by atoms with van der Waals surface area (Å²) in [5.74, 6) is -0.660. The van der Waals surface area contributed by atoms with Crippen molar-refractivity contribution in [1.29, 1.82) is 0 Å². The van der Waals surface area contributed by atoms with Crippen LogP contribution in [0.15, 0.2) is 5.38 Å². The van der Waals surface area contributed by atoms with Crippen molar-refractivity contribution in [2.75, 3.05) is 13.1 Å². The molecule has 1 unspecified atom stereocenters. The van der Waals surface area contributed by atoms with Gasteiger partial charge in [0.2, 0.25) is 5.91 Å². The van der Waals surface area contributed by atoms with E-state index in [0.29, 0.717) is 13.0 Å². The predicted molar refractivity (Wildman–Crippen MR) is 67.1 cm³/mol. The quantitative estimate of drug-likeness (QED) is 0.839. The van der Waals surface area contributed by atoms with Crippen LogP contribution in [0.2, 0.25) is 0 Å². The standard InChI is InChI=1S/C11H16F3N3OS/c1-7(10(18)16-6-11(12,13)14)15-4-3-9-5-19-8(2)17-9/h5,7,15H,3-4,6H2,1-2H3,(H,16,18). The molecule has 0 saturated carbocycles. The van der Waals surface area contributed by atoms with Crippen molar-refractivity contribution >= 4 is 17.2 Å². The first kappa shape index (κ1) is 15.9. The zero-order valence-corrected chi connectivity index (χ0v) is 11.5. The Bertz CT molecular complexity index is 420. The molecule has 1 aromatic heterocycles. The van der Waals surface area contributed by atoms with Crippen LogP contribution in [0.1, 0.15) is 17.6 Å². The Kier molecular flexibility index (Phi) is 5.74. The first-order valence-corrected chi connectivity index (χ1v) is 6.65. The van der Waals surface area contributed by atoms with Crippen LogP contribution in [-0.4, -0.2) is 36.2 Å². The molecule has 0 bridgehead atoms. The SMILES string of the molecule is Cc1nc(CCNC(C)C(=O)NCC(F)(F)F)cs1. The van der Waals surface area contributed by atoms with Gasteiger partial charge in [-0.2, -0.15) is 13.2 Å². The highest BCUT2D eigenvalue weighted by Gasteiger charge is 2.28. The number of rotatable bonds is 6. The second-order valence-corrected chi connectivity index (χ2v) is 5.18. The molecule has 2 N–H and O–H groups in total. The summed E-state index contributed by atoms with van der Waals surface area (Å²) in [5, 5.41) is 7.58. The van der Waals surface area contributed by atoms with E-state index in [1.165, 1.54) is 18.3 Å². The summed E-state index contributed by atoms with van der Waals surface area (Å²) in [4.78, 5) is 15.6. The van der Waals surface area contributed by atoms with Gasteiger partial charge in [0.15, 0.2) is 0 Å². The number of nitrogens with zero attached hydrogens (tertiary/aromatic N) is 1. The van der Waals surface area contributed by atoms with E-state index in [9.17, 15) is 18.0 Å². The van der Waals surface area contributed by atoms with Crippen molar-refractivity contribution in [2.45, 2.75) is 32.5 Å². The highest BCUT2D eigenvalue weighted by Crippen LogP contribution is 2.12. The molecule has 0 aliphatic rings. The number of amides is 1. The van der Waals surface area contributed by atoms with E-state index >= 15 is 0 Å². The molecule has 1 aromatic rings. The van der Waals surface area contributed by atoms with Gasteiger partial charge in [-0.15, -0.1) is 11.3 Å². The second kappa shape index (κ2) is 6.85. The number of carbonyl (C=O) groups excluding carboxylic acids is 1. The number of hydrogen-bond acceptors (Lipinski definition) is 4. The molecule has 108 valence electrons. The molecule has 1 heterocycles. The van der Waals surface area contributed by atoms with Crippen LogP contribution in [0.5, 0.6) is 0 Å². The molecule has 8 heteroatoms. The van der Waals surface area contributed by atoms with E-state index < -0.39 is 24.7 Å². The summed E-state index contributed by atoms with van der Waals surface area (Å²) < 4.78 is 35.7. The summed E-state index contributed by atoms with van der Waals surface area (Å²) in [6, 6.07) is -0.665. The minimum atomic E-state index is -4.38. The molecule has 4 nitrogen and oxygen atoms in total. The van der Waals surface area contributed by atoms with Gasteiger partial charge in [0.25, 0.3) is 0 Å². The lowest BCUT2D eigenvalue weighted by atomic mass is 10.2. The lowest BCUT2D eigenvalue weighted by molar-refractivity contribution is -0.139. The van der Waals surface area contributed by atoms with E-state index in [-0.39, 0.29) is 0 Å². The van der Waals surface area contributed by atoms with Crippen LogP contribution in [0.25, 0.3) is 0 Å². The van der Waals surface area contributed by atoms with Gasteiger partial charge < -0.3 is 10.6 Å². The van der Waals surface area contributed by atoms with E-state index in [1.54, 1.807) is 0 Å². The monoisotopic (exact) mass is 295 g/mol. The van der Waals surface area contributed by atoms with E-state index in [1.807, 2.05) is 17.6 Å². The Morgan fingerprint density at radius 1 is 1.53 bits per heavy atom. The van der Waals surface area contributed by atoms with Gasteiger partial charge in [0, 0.05) is 18.3 Å². The van der Waals surface area contributed by atoms with Crippen molar-refractivity contribution in [2.24, 2.45) is 0 Å². The summed E-state index contributed by atoms with van der Waals surface area (Å²) in [6.45, 7) is 2.61. The second-order valence-electron chi connectivity index (χ2n) is 4.12. The zero-order chi connectivity index (χ0) is 14.5. The van der Waals surface area contributed by atoms with Gasteiger partial charge >= 0.3 is 6.18 Å². The maximum absolute atomic E-state index is 11.9. The number of nitrogens with one attached hydrogen (secondary N) is 2. The minimum absolute atomic E-state index is 0.490. The molecular formula is C11H16F3N3OS. The summed E-state index contributed by atoms with van der Waals surface area (Å²) in [7, 11) is 0. The van der Waals surface area contributed by atoms with Crippen molar-refractivity contribution in [3.05, 3.63) is 16.1 Å². The third-order valence-electron chi connectivity index (χ3n) is 2.35. The number of alkyl halides is 3. The lowest BCUT2D eigenvalue weighted by Crippen LogP contribution is -2.45. The van der Waals surface area contributed by atoms with Crippen LogP contribution in [0, 0.1) is 6.92 Å². The van der Waals surface area contributed by atoms with Gasteiger partial charge in [0.05, 0.1) is 16.7 Å². The van der Waals surface area contributed by atoms with Crippen LogP contribution in [0.3, 0.4) is 0 Å². The van der Waals surface area contributed by atoms with Gasteiger partial charge in [0.1, 0.15) is 6.54 Å². The van der Waals surface area contributed by atoms with Crippen molar-refractivity contribution in [3.63, 3.8) is 0 Å². The molecule has 0 aliphatic carbocycles. The van der Waals surface area contributed by atoms with Crippen LogP contribution >= 0.6 is 11.3 Å². The third kappa shape index (κ3) is 6.53. The fraction of sp³-hybridized carbons (Fsp3) is 0.636. The zero-order valence-electron chi connectivity index (χ0n) is 10.7. The molecule has 0 fully saturated rings. The number of thiazole rings is 1. The third-order valence-corrected chi connectivity index (χ3v) is 3.18. The first-order chi connectivity index (χ1) is 8.78. The highest BCUT2D eigenvalue weighted by molar-refractivity contribution is 7.09. The Labute approximate surface area is 113 Å². The number of aryl methyl sites for hydroxylation is 1. The Morgan fingerprint density at radius 3 is 2.74 bits per heavy atom. The van der Waals surface area contributed by atoms with Gasteiger partial charge in [-0.1, -0.05) is 0 Å². The van der Waals surface area contributed by atoms with E-state index in [4.69, 9.17) is 0 Å². The van der Waals surface area contributed by atoms with Crippen molar-refractivity contribution < 1.29 is 18.0 Å².